The van der Waals surface area contributed by atoms with Gasteiger partial charge >= 0.3 is 0 Å². The van der Waals surface area contributed by atoms with E-state index in [-0.39, 0.29) is 0 Å². The van der Waals surface area contributed by atoms with Crippen molar-refractivity contribution in [2.24, 2.45) is 0 Å². The smallest absolute Gasteiger partial charge is 0.00199 e. The predicted molar refractivity (Wildman–Crippen MR) is 225 cm³/mol. The van der Waals surface area contributed by atoms with E-state index in [0.717, 1.165) is 0 Å². The number of rotatable bonds is 3. The van der Waals surface area contributed by atoms with E-state index < -0.39 is 0 Å². The molecule has 52 heavy (non-hydrogen) atoms. The molecule has 0 heteroatoms. The minimum absolute atomic E-state index is 1.23. The molecule has 0 saturated carbocycles. The van der Waals surface area contributed by atoms with E-state index in [0.29, 0.717) is 0 Å². The molecular weight excluding hydrogens is 625 g/mol. The Morgan fingerprint density at radius 2 is 0.500 bits per heavy atom. The largest absolute Gasteiger partial charge is 0.0616 e. The van der Waals surface area contributed by atoms with E-state index in [1.54, 1.807) is 0 Å². The first kappa shape index (κ1) is 29.0. The monoisotopic (exact) mass is 656 g/mol. The topological polar surface area (TPSA) is 0 Å². The van der Waals surface area contributed by atoms with Crippen molar-refractivity contribution < 1.29 is 0 Å². The number of hydrogen-bond acceptors (Lipinski definition) is 0. The molecule has 0 bridgehead atoms. The van der Waals surface area contributed by atoms with Gasteiger partial charge in [0.2, 0.25) is 0 Å². The van der Waals surface area contributed by atoms with Crippen LogP contribution in [0, 0.1) is 0 Å². The zero-order chi connectivity index (χ0) is 34.2. The maximum atomic E-state index is 2.46. The lowest BCUT2D eigenvalue weighted by molar-refractivity contribution is 1.67. The van der Waals surface area contributed by atoms with E-state index >= 15 is 0 Å². The summed E-state index contributed by atoms with van der Waals surface area (Å²) in [7, 11) is 0. The van der Waals surface area contributed by atoms with Gasteiger partial charge in [0.15, 0.2) is 0 Å². The molecule has 0 atom stereocenters. The van der Waals surface area contributed by atoms with Gasteiger partial charge in [0.25, 0.3) is 0 Å². The number of benzene rings is 11. The van der Waals surface area contributed by atoms with E-state index in [2.05, 4.69) is 194 Å². The molecular formula is C52H32. The van der Waals surface area contributed by atoms with Gasteiger partial charge in [-0.05, 0) is 133 Å². The summed E-state index contributed by atoms with van der Waals surface area (Å²) in [5, 5.41) is 17.8. The molecule has 0 saturated heterocycles. The van der Waals surface area contributed by atoms with Crippen LogP contribution in [0.5, 0.6) is 0 Å². The van der Waals surface area contributed by atoms with Crippen LogP contribution in [0.25, 0.3) is 109 Å². The Morgan fingerprint density at radius 3 is 0.981 bits per heavy atom. The van der Waals surface area contributed by atoms with Gasteiger partial charge in [0.05, 0.1) is 0 Å². The van der Waals surface area contributed by atoms with Crippen LogP contribution in [0.15, 0.2) is 194 Å². The standard InChI is InChI=1S/C52H32/c1-6-20-39-33(15-1)29-36(48-30-34-16-2-4-18-37(34)40-21-7-9-23-42(40)48)32-49(39)51-44-25-11-13-27-46(44)52(47-28-14-12-26-45(47)51)50-31-35-17-3-5-19-38(35)41-22-8-10-24-43(41)50/h1-32H. The summed E-state index contributed by atoms with van der Waals surface area (Å²) in [5.41, 5.74) is 7.59. The van der Waals surface area contributed by atoms with E-state index in [1.165, 1.54) is 109 Å². The van der Waals surface area contributed by atoms with Crippen LogP contribution in [-0.2, 0) is 0 Å². The summed E-state index contributed by atoms with van der Waals surface area (Å²) in [4.78, 5) is 0. The molecule has 11 aromatic rings. The lowest BCUT2D eigenvalue weighted by atomic mass is 9.82. The minimum Gasteiger partial charge on any atom is -0.0616 e. The summed E-state index contributed by atoms with van der Waals surface area (Å²) in [5.74, 6) is 0. The lowest BCUT2D eigenvalue weighted by Crippen LogP contribution is -1.94. The molecule has 0 nitrogen and oxygen atoms in total. The van der Waals surface area contributed by atoms with Gasteiger partial charge in [0.1, 0.15) is 0 Å². The Hall–Kier alpha value is -6.76. The highest BCUT2D eigenvalue weighted by Gasteiger charge is 2.21. The Kier molecular flexibility index (Phi) is 6.35. The van der Waals surface area contributed by atoms with E-state index in [1.807, 2.05) is 0 Å². The van der Waals surface area contributed by atoms with Crippen molar-refractivity contribution in [3.8, 4) is 33.4 Å². The van der Waals surface area contributed by atoms with Gasteiger partial charge in [-0.2, -0.15) is 0 Å². The van der Waals surface area contributed by atoms with Crippen LogP contribution < -0.4 is 0 Å². The number of fused-ring (bicyclic) bond motifs is 9. The first-order valence-corrected chi connectivity index (χ1v) is 18.1. The summed E-state index contributed by atoms with van der Waals surface area (Å²) < 4.78 is 0. The van der Waals surface area contributed by atoms with Gasteiger partial charge in [-0.3, -0.25) is 0 Å². The summed E-state index contributed by atoms with van der Waals surface area (Å²) in [6, 6.07) is 72.0. The normalized spacial score (nSPS) is 11.8. The molecule has 0 spiro atoms. The molecule has 0 aromatic heterocycles. The molecule has 0 amide bonds. The fourth-order valence-electron chi connectivity index (χ4n) is 8.94. The molecule has 0 fully saturated rings. The zero-order valence-electron chi connectivity index (χ0n) is 28.5. The van der Waals surface area contributed by atoms with Crippen LogP contribution >= 0.6 is 0 Å². The Balaban J connectivity index is 1.28. The second-order valence-corrected chi connectivity index (χ2v) is 14.0. The average Bonchev–Trinajstić information content (AvgIpc) is 3.22. The maximum Gasteiger partial charge on any atom is -0.00199 e. The van der Waals surface area contributed by atoms with Crippen LogP contribution in [0.3, 0.4) is 0 Å². The van der Waals surface area contributed by atoms with E-state index in [4.69, 9.17) is 0 Å². The van der Waals surface area contributed by atoms with Crippen molar-refractivity contribution in [3.63, 3.8) is 0 Å². The molecule has 0 aliphatic carbocycles. The highest BCUT2D eigenvalue weighted by atomic mass is 14.2. The Morgan fingerprint density at radius 1 is 0.192 bits per heavy atom. The fraction of sp³-hybridized carbons (Fsp3) is 0. The summed E-state index contributed by atoms with van der Waals surface area (Å²) in [6.07, 6.45) is 0. The second-order valence-electron chi connectivity index (χ2n) is 14.0. The van der Waals surface area contributed by atoms with Crippen molar-refractivity contribution >= 4 is 75.4 Å². The van der Waals surface area contributed by atoms with Gasteiger partial charge in [-0.25, -0.2) is 0 Å². The highest BCUT2D eigenvalue weighted by Crippen LogP contribution is 2.49. The Labute approximate surface area is 301 Å². The Bertz CT molecular complexity index is 3180. The summed E-state index contributed by atoms with van der Waals surface area (Å²) >= 11 is 0. The molecule has 0 unspecified atom stereocenters. The number of hydrogen-bond donors (Lipinski definition) is 0. The third-order valence-electron chi connectivity index (χ3n) is 11.2. The van der Waals surface area contributed by atoms with Gasteiger partial charge in [0, 0.05) is 0 Å². The van der Waals surface area contributed by atoms with Gasteiger partial charge < -0.3 is 0 Å². The van der Waals surface area contributed by atoms with Crippen LogP contribution in [0.2, 0.25) is 0 Å². The van der Waals surface area contributed by atoms with Crippen molar-refractivity contribution in [1.82, 2.24) is 0 Å². The van der Waals surface area contributed by atoms with Gasteiger partial charge in [-0.15, -0.1) is 0 Å². The molecule has 0 aliphatic heterocycles. The van der Waals surface area contributed by atoms with Crippen molar-refractivity contribution in [1.29, 1.82) is 0 Å². The first-order chi connectivity index (χ1) is 25.8. The lowest BCUT2D eigenvalue weighted by Gasteiger charge is -2.21. The molecule has 0 radical (unpaired) electrons. The van der Waals surface area contributed by atoms with Crippen LogP contribution in [-0.4, -0.2) is 0 Å². The first-order valence-electron chi connectivity index (χ1n) is 18.1. The van der Waals surface area contributed by atoms with Crippen molar-refractivity contribution in [3.05, 3.63) is 194 Å². The van der Waals surface area contributed by atoms with Gasteiger partial charge in [-0.1, -0.05) is 170 Å². The summed E-state index contributed by atoms with van der Waals surface area (Å²) in [6.45, 7) is 0. The highest BCUT2D eigenvalue weighted by molar-refractivity contribution is 6.27. The molecule has 0 N–H and O–H groups in total. The second kappa shape index (κ2) is 11.4. The van der Waals surface area contributed by atoms with Crippen LogP contribution in [0.1, 0.15) is 0 Å². The zero-order valence-corrected chi connectivity index (χ0v) is 28.5. The molecule has 11 rings (SSSR count). The average molecular weight is 657 g/mol. The molecule has 240 valence electrons. The maximum absolute atomic E-state index is 2.46. The predicted octanol–water partition coefficient (Wildman–Crippen LogP) is 14.8. The SMILES string of the molecule is c1ccc2c(-c3c4ccccc4c(-c4cc5ccccc5c5ccccc45)c4ccccc34)cc(-c3cc4ccccc4c4ccccc34)cc2c1. The van der Waals surface area contributed by atoms with Crippen LogP contribution in [0.4, 0.5) is 0 Å². The fourth-order valence-corrected chi connectivity index (χ4v) is 8.94. The van der Waals surface area contributed by atoms with Crippen molar-refractivity contribution in [2.75, 3.05) is 0 Å². The molecule has 0 aliphatic rings. The van der Waals surface area contributed by atoms with Crippen molar-refractivity contribution in [2.45, 2.75) is 0 Å². The molecule has 11 aromatic carbocycles. The third-order valence-corrected chi connectivity index (χ3v) is 11.2. The third kappa shape index (κ3) is 4.28. The molecule has 0 heterocycles. The minimum atomic E-state index is 1.23. The quantitative estimate of drug-likeness (QED) is 0.131. The van der Waals surface area contributed by atoms with E-state index in [9.17, 15) is 0 Å².